The van der Waals surface area contributed by atoms with Gasteiger partial charge in [0.25, 0.3) is 5.69 Å². The highest BCUT2D eigenvalue weighted by Crippen LogP contribution is 2.25. The predicted octanol–water partition coefficient (Wildman–Crippen LogP) is 3.14. The van der Waals surface area contributed by atoms with Crippen molar-refractivity contribution in [1.29, 1.82) is 0 Å². The van der Waals surface area contributed by atoms with E-state index in [1.165, 1.54) is 24.3 Å². The summed E-state index contributed by atoms with van der Waals surface area (Å²) in [7, 11) is -3.25. The molecule has 1 atom stereocenters. The van der Waals surface area contributed by atoms with Crippen molar-refractivity contribution in [2.75, 3.05) is 6.26 Å². The van der Waals surface area contributed by atoms with Crippen molar-refractivity contribution in [3.8, 4) is 5.75 Å². The van der Waals surface area contributed by atoms with Crippen LogP contribution in [0.15, 0.2) is 53.4 Å². The number of non-ortho nitro benzene ring substituents is 1. The van der Waals surface area contributed by atoms with Crippen molar-refractivity contribution in [3.63, 3.8) is 0 Å². The first kappa shape index (κ1) is 16.0. The SMILES string of the molecule is CC(Oc1ccc(S(C)(=O)=O)cc1)c1cccc([N+](=O)[O-])c1. The van der Waals surface area contributed by atoms with Crippen LogP contribution in [0.5, 0.6) is 5.75 Å². The Kier molecular flexibility index (Phi) is 4.46. The van der Waals surface area contributed by atoms with Gasteiger partial charge >= 0.3 is 0 Å². The Labute approximate surface area is 128 Å². The molecule has 0 aliphatic rings. The smallest absolute Gasteiger partial charge is 0.269 e. The fourth-order valence-electron chi connectivity index (χ4n) is 1.93. The highest BCUT2D eigenvalue weighted by molar-refractivity contribution is 7.90. The molecule has 6 nitrogen and oxygen atoms in total. The topological polar surface area (TPSA) is 86.5 Å². The standard InChI is InChI=1S/C15H15NO5S/c1-11(12-4-3-5-13(10-12)16(17)18)21-14-6-8-15(9-7-14)22(2,19)20/h3-11H,1-2H3. The van der Waals surface area contributed by atoms with Crippen molar-refractivity contribution in [3.05, 3.63) is 64.2 Å². The molecule has 0 N–H and O–H groups in total. The summed E-state index contributed by atoms with van der Waals surface area (Å²) >= 11 is 0. The summed E-state index contributed by atoms with van der Waals surface area (Å²) in [5, 5.41) is 10.8. The fraction of sp³-hybridized carbons (Fsp3) is 0.200. The van der Waals surface area contributed by atoms with E-state index in [2.05, 4.69) is 0 Å². The maximum Gasteiger partial charge on any atom is 0.269 e. The number of rotatable bonds is 5. The second-order valence-electron chi connectivity index (χ2n) is 4.86. The number of hydrogen-bond donors (Lipinski definition) is 0. The largest absolute Gasteiger partial charge is 0.486 e. The van der Waals surface area contributed by atoms with Crippen molar-refractivity contribution >= 4 is 15.5 Å². The summed E-state index contributed by atoms with van der Waals surface area (Å²) < 4.78 is 28.5. The molecule has 116 valence electrons. The van der Waals surface area contributed by atoms with E-state index in [9.17, 15) is 18.5 Å². The van der Waals surface area contributed by atoms with Gasteiger partial charge in [-0.2, -0.15) is 0 Å². The molecule has 0 saturated heterocycles. The van der Waals surface area contributed by atoms with Gasteiger partial charge in [0.05, 0.1) is 9.82 Å². The molecule has 2 aromatic carbocycles. The van der Waals surface area contributed by atoms with Crippen LogP contribution in [0.25, 0.3) is 0 Å². The molecule has 0 bridgehead atoms. The van der Waals surface area contributed by atoms with Crippen molar-refractivity contribution < 1.29 is 18.1 Å². The van der Waals surface area contributed by atoms with Gasteiger partial charge < -0.3 is 4.74 Å². The maximum absolute atomic E-state index is 11.4. The molecular formula is C15H15NO5S. The Morgan fingerprint density at radius 1 is 1.14 bits per heavy atom. The Morgan fingerprint density at radius 2 is 1.77 bits per heavy atom. The van der Waals surface area contributed by atoms with Crippen LogP contribution in [0.3, 0.4) is 0 Å². The van der Waals surface area contributed by atoms with Crippen LogP contribution in [0, 0.1) is 10.1 Å². The van der Waals surface area contributed by atoms with E-state index in [0.29, 0.717) is 11.3 Å². The Morgan fingerprint density at radius 3 is 2.32 bits per heavy atom. The summed E-state index contributed by atoms with van der Waals surface area (Å²) in [6, 6.07) is 12.2. The Hall–Kier alpha value is -2.41. The summed E-state index contributed by atoms with van der Waals surface area (Å²) in [6.07, 6.45) is 0.734. The molecule has 0 aromatic heterocycles. The van der Waals surface area contributed by atoms with Crippen molar-refractivity contribution in [2.24, 2.45) is 0 Å². The van der Waals surface area contributed by atoms with Crippen LogP contribution in [0.2, 0.25) is 0 Å². The second kappa shape index (κ2) is 6.15. The molecule has 1 unspecified atom stereocenters. The van der Waals surface area contributed by atoms with Gasteiger partial charge in [-0.1, -0.05) is 12.1 Å². The van der Waals surface area contributed by atoms with E-state index in [0.717, 1.165) is 6.26 Å². The summed E-state index contributed by atoms with van der Waals surface area (Å²) in [6.45, 7) is 1.77. The summed E-state index contributed by atoms with van der Waals surface area (Å²) in [4.78, 5) is 10.5. The fourth-order valence-corrected chi connectivity index (χ4v) is 2.56. The third-order valence-corrected chi connectivity index (χ3v) is 4.24. The second-order valence-corrected chi connectivity index (χ2v) is 6.87. The average molecular weight is 321 g/mol. The normalized spacial score (nSPS) is 12.6. The lowest BCUT2D eigenvalue weighted by molar-refractivity contribution is -0.385. The molecule has 0 spiro atoms. The van der Waals surface area contributed by atoms with E-state index in [4.69, 9.17) is 4.74 Å². The monoisotopic (exact) mass is 321 g/mol. The molecule has 0 saturated carbocycles. The zero-order valence-corrected chi connectivity index (χ0v) is 12.9. The van der Waals surface area contributed by atoms with E-state index < -0.39 is 20.9 Å². The highest BCUT2D eigenvalue weighted by atomic mass is 32.2. The van der Waals surface area contributed by atoms with Crippen LogP contribution in [0.4, 0.5) is 5.69 Å². The molecule has 0 radical (unpaired) electrons. The number of nitro benzene ring substituents is 1. The van der Waals surface area contributed by atoms with Gasteiger partial charge in [-0.05, 0) is 36.8 Å². The number of sulfone groups is 1. The number of benzene rings is 2. The first-order chi connectivity index (χ1) is 10.3. The number of nitro groups is 1. The molecule has 7 heteroatoms. The van der Waals surface area contributed by atoms with Gasteiger partial charge in [0.2, 0.25) is 0 Å². The summed E-state index contributed by atoms with van der Waals surface area (Å²) in [5.74, 6) is 0.492. The molecule has 0 amide bonds. The van der Waals surface area contributed by atoms with Crippen molar-refractivity contribution in [2.45, 2.75) is 17.9 Å². The van der Waals surface area contributed by atoms with Crippen LogP contribution in [0.1, 0.15) is 18.6 Å². The van der Waals surface area contributed by atoms with Crippen LogP contribution in [-0.4, -0.2) is 19.6 Å². The minimum Gasteiger partial charge on any atom is -0.486 e. The molecule has 0 aliphatic carbocycles. The lowest BCUT2D eigenvalue weighted by atomic mass is 10.1. The van der Waals surface area contributed by atoms with Gasteiger partial charge in [-0.15, -0.1) is 0 Å². The van der Waals surface area contributed by atoms with Gasteiger partial charge in [0.1, 0.15) is 11.9 Å². The van der Waals surface area contributed by atoms with Gasteiger partial charge in [0, 0.05) is 18.4 Å². The van der Waals surface area contributed by atoms with E-state index in [-0.39, 0.29) is 10.6 Å². The number of hydrogen-bond acceptors (Lipinski definition) is 5. The molecule has 22 heavy (non-hydrogen) atoms. The van der Waals surface area contributed by atoms with Gasteiger partial charge in [-0.3, -0.25) is 10.1 Å². The van der Waals surface area contributed by atoms with Gasteiger partial charge in [0.15, 0.2) is 9.84 Å². The van der Waals surface area contributed by atoms with Gasteiger partial charge in [-0.25, -0.2) is 8.42 Å². The molecule has 2 rings (SSSR count). The number of ether oxygens (including phenoxy) is 1. The Bertz CT molecular complexity index is 784. The molecule has 0 heterocycles. The first-order valence-corrected chi connectivity index (χ1v) is 8.37. The summed E-state index contributed by atoms with van der Waals surface area (Å²) in [5.41, 5.74) is 0.668. The Balaban J connectivity index is 2.16. The van der Waals surface area contributed by atoms with E-state index in [1.54, 1.807) is 31.2 Å². The zero-order valence-electron chi connectivity index (χ0n) is 12.1. The van der Waals surface area contributed by atoms with Crippen LogP contribution in [-0.2, 0) is 9.84 Å². The molecule has 2 aromatic rings. The van der Waals surface area contributed by atoms with Crippen LogP contribution >= 0.6 is 0 Å². The van der Waals surface area contributed by atoms with E-state index in [1.807, 2.05) is 0 Å². The minimum atomic E-state index is -3.25. The lowest BCUT2D eigenvalue weighted by Crippen LogP contribution is -2.04. The third-order valence-electron chi connectivity index (χ3n) is 3.12. The lowest BCUT2D eigenvalue weighted by Gasteiger charge is -2.15. The van der Waals surface area contributed by atoms with Crippen LogP contribution < -0.4 is 4.74 Å². The minimum absolute atomic E-state index is 0.000347. The average Bonchev–Trinajstić information content (AvgIpc) is 2.47. The zero-order chi connectivity index (χ0) is 16.3. The molecule has 0 aliphatic heterocycles. The molecular weight excluding hydrogens is 306 g/mol. The third kappa shape index (κ3) is 3.82. The first-order valence-electron chi connectivity index (χ1n) is 6.48. The molecule has 0 fully saturated rings. The quantitative estimate of drug-likeness (QED) is 0.623. The van der Waals surface area contributed by atoms with Crippen molar-refractivity contribution in [1.82, 2.24) is 0 Å². The highest BCUT2D eigenvalue weighted by Gasteiger charge is 2.13. The van der Waals surface area contributed by atoms with E-state index >= 15 is 0 Å². The maximum atomic E-state index is 11.4. The number of nitrogens with zero attached hydrogens (tertiary/aromatic N) is 1. The predicted molar refractivity (Wildman–Crippen MR) is 81.7 cm³/mol.